The molecule has 4 nitrogen and oxygen atoms in total. The Balaban J connectivity index is 1.65. The Morgan fingerprint density at radius 3 is 2.44 bits per heavy atom. The number of unbranched alkanes of at least 4 members (excludes halogenated alkanes) is 2. The maximum absolute atomic E-state index is 11.6. The molecule has 194 valence electrons. The van der Waals surface area contributed by atoms with Crippen molar-refractivity contribution in [1.29, 1.82) is 0 Å². The number of esters is 1. The molecule has 0 radical (unpaired) electrons. The van der Waals surface area contributed by atoms with Crippen molar-refractivity contribution in [2.75, 3.05) is 19.8 Å². The van der Waals surface area contributed by atoms with E-state index in [0.717, 1.165) is 34.8 Å². The van der Waals surface area contributed by atoms with Gasteiger partial charge in [0.15, 0.2) is 0 Å². The van der Waals surface area contributed by atoms with Gasteiger partial charge in [0.25, 0.3) is 0 Å². The lowest BCUT2D eigenvalue weighted by atomic mass is 9.83. The zero-order valence-corrected chi connectivity index (χ0v) is 22.1. The number of rotatable bonds is 14. The molecule has 0 saturated carbocycles. The van der Waals surface area contributed by atoms with Crippen LogP contribution in [0.3, 0.4) is 0 Å². The molecule has 1 N–H and O–H groups in total. The van der Waals surface area contributed by atoms with Gasteiger partial charge in [-0.25, -0.2) is 4.79 Å². The minimum absolute atomic E-state index is 0.133. The second-order valence-electron chi connectivity index (χ2n) is 9.86. The molecule has 3 rings (SSSR count). The number of hydrogen-bond acceptors (Lipinski definition) is 4. The van der Waals surface area contributed by atoms with Crippen LogP contribution in [0.4, 0.5) is 0 Å². The van der Waals surface area contributed by atoms with E-state index in [9.17, 15) is 9.90 Å². The summed E-state index contributed by atoms with van der Waals surface area (Å²) in [7, 11) is 0. The van der Waals surface area contributed by atoms with E-state index in [0.29, 0.717) is 12.0 Å². The summed E-state index contributed by atoms with van der Waals surface area (Å²) in [5.74, 6) is 1.21. The van der Waals surface area contributed by atoms with E-state index in [2.05, 4.69) is 56.0 Å². The van der Waals surface area contributed by atoms with Crippen LogP contribution >= 0.6 is 0 Å². The van der Waals surface area contributed by atoms with Gasteiger partial charge in [0.1, 0.15) is 19.0 Å². The third kappa shape index (κ3) is 8.37. The Hall–Kier alpha value is -2.85. The standard InChI is InChI=1S/C32H42O4/c1-4-5-6-8-25-10-12-26(13-11-25)27-14-16-28(17-15-27)30-19-18-29(9-7-20-33)31(23-30)35-21-22-36-32(34)24(2)3/h12,14-19,23,25,33H,2,4-11,13,20-22H2,1,3H3. The lowest BCUT2D eigenvalue weighted by Gasteiger charge is -2.22. The molecule has 2 aromatic rings. The van der Waals surface area contributed by atoms with E-state index in [1.165, 1.54) is 56.1 Å². The second-order valence-corrected chi connectivity index (χ2v) is 9.86. The zero-order chi connectivity index (χ0) is 25.8. The fraction of sp³-hybridized carbons (Fsp3) is 0.469. The van der Waals surface area contributed by atoms with E-state index in [1.54, 1.807) is 6.92 Å². The van der Waals surface area contributed by atoms with Crippen molar-refractivity contribution in [3.05, 3.63) is 71.8 Å². The molecule has 1 atom stereocenters. The molecule has 1 aliphatic carbocycles. The summed E-state index contributed by atoms with van der Waals surface area (Å²) in [6.45, 7) is 8.06. The first-order chi connectivity index (χ1) is 17.5. The van der Waals surface area contributed by atoms with Crippen LogP contribution in [0.25, 0.3) is 16.7 Å². The van der Waals surface area contributed by atoms with Gasteiger partial charge in [0.05, 0.1) is 0 Å². The van der Waals surface area contributed by atoms with Crippen LogP contribution in [0.5, 0.6) is 5.75 Å². The first-order valence-corrected chi connectivity index (χ1v) is 13.5. The molecule has 0 bridgehead atoms. The minimum atomic E-state index is -0.409. The highest BCUT2D eigenvalue weighted by atomic mass is 16.6. The van der Waals surface area contributed by atoms with Crippen LogP contribution in [0.2, 0.25) is 0 Å². The van der Waals surface area contributed by atoms with Crippen LogP contribution in [-0.2, 0) is 16.0 Å². The maximum Gasteiger partial charge on any atom is 0.333 e. The SMILES string of the molecule is C=C(C)C(=O)OCCOc1cc(-c2ccc(C3=CCC(CCCCC)CC3)cc2)ccc1CCCO. The topological polar surface area (TPSA) is 55.8 Å². The van der Waals surface area contributed by atoms with E-state index >= 15 is 0 Å². The van der Waals surface area contributed by atoms with E-state index in [4.69, 9.17) is 9.47 Å². The van der Waals surface area contributed by atoms with Gasteiger partial charge in [-0.15, -0.1) is 0 Å². The molecule has 4 heteroatoms. The summed E-state index contributed by atoms with van der Waals surface area (Å²) in [6.07, 6.45) is 12.9. The number of hydrogen-bond donors (Lipinski definition) is 1. The zero-order valence-electron chi connectivity index (χ0n) is 22.1. The molecular formula is C32H42O4. The Morgan fingerprint density at radius 2 is 1.78 bits per heavy atom. The lowest BCUT2D eigenvalue weighted by Crippen LogP contribution is -2.13. The Morgan fingerprint density at radius 1 is 1.03 bits per heavy atom. The van der Waals surface area contributed by atoms with Crippen LogP contribution in [0.15, 0.2) is 60.7 Å². The largest absolute Gasteiger partial charge is 0.490 e. The van der Waals surface area contributed by atoms with Gasteiger partial charge in [0, 0.05) is 12.2 Å². The molecule has 0 fully saturated rings. The van der Waals surface area contributed by atoms with Gasteiger partial charge in [-0.1, -0.05) is 81.7 Å². The quantitative estimate of drug-likeness (QED) is 0.169. The summed E-state index contributed by atoms with van der Waals surface area (Å²) in [4.78, 5) is 11.6. The van der Waals surface area contributed by atoms with Gasteiger partial charge in [-0.05, 0) is 78.8 Å². The number of carbonyl (C=O) groups excluding carboxylic acids is 1. The number of carbonyl (C=O) groups is 1. The summed E-state index contributed by atoms with van der Waals surface area (Å²) in [5, 5.41) is 9.26. The predicted molar refractivity (Wildman–Crippen MR) is 148 cm³/mol. The first-order valence-electron chi connectivity index (χ1n) is 13.5. The van der Waals surface area contributed by atoms with Gasteiger partial charge in [-0.3, -0.25) is 0 Å². The Bertz CT molecular complexity index is 1020. The van der Waals surface area contributed by atoms with Gasteiger partial charge in [-0.2, -0.15) is 0 Å². The maximum atomic E-state index is 11.6. The van der Waals surface area contributed by atoms with Crippen molar-refractivity contribution < 1.29 is 19.4 Å². The normalized spacial score (nSPS) is 15.3. The molecule has 0 amide bonds. The predicted octanol–water partition coefficient (Wildman–Crippen LogP) is 7.54. The van der Waals surface area contributed by atoms with E-state index in [-0.39, 0.29) is 19.8 Å². The highest BCUT2D eigenvalue weighted by molar-refractivity contribution is 5.86. The fourth-order valence-corrected chi connectivity index (χ4v) is 4.73. The highest BCUT2D eigenvalue weighted by Crippen LogP contribution is 2.34. The number of aliphatic hydroxyl groups is 1. The molecular weight excluding hydrogens is 448 g/mol. The molecule has 0 aliphatic heterocycles. The van der Waals surface area contributed by atoms with Crippen LogP contribution < -0.4 is 4.74 Å². The van der Waals surface area contributed by atoms with Gasteiger partial charge < -0.3 is 14.6 Å². The van der Waals surface area contributed by atoms with Gasteiger partial charge in [0.2, 0.25) is 0 Å². The van der Waals surface area contributed by atoms with Crippen LogP contribution in [0.1, 0.15) is 76.3 Å². The average molecular weight is 491 g/mol. The second kappa shape index (κ2) is 14.6. The van der Waals surface area contributed by atoms with Crippen molar-refractivity contribution in [3.63, 3.8) is 0 Å². The van der Waals surface area contributed by atoms with E-state index in [1.807, 2.05) is 6.07 Å². The lowest BCUT2D eigenvalue weighted by molar-refractivity contribution is -0.139. The number of ether oxygens (including phenoxy) is 2. The van der Waals surface area contributed by atoms with Crippen LogP contribution in [0, 0.1) is 5.92 Å². The number of aliphatic hydroxyl groups excluding tert-OH is 1. The highest BCUT2D eigenvalue weighted by Gasteiger charge is 2.15. The molecule has 2 aromatic carbocycles. The van der Waals surface area contributed by atoms with Crippen molar-refractivity contribution in [1.82, 2.24) is 0 Å². The van der Waals surface area contributed by atoms with E-state index < -0.39 is 5.97 Å². The Labute approximate surface area is 217 Å². The summed E-state index contributed by atoms with van der Waals surface area (Å²) >= 11 is 0. The van der Waals surface area contributed by atoms with Gasteiger partial charge >= 0.3 is 5.97 Å². The molecule has 0 spiro atoms. The molecule has 1 unspecified atom stereocenters. The first kappa shape index (κ1) is 27.7. The third-order valence-electron chi connectivity index (χ3n) is 6.92. The minimum Gasteiger partial charge on any atom is -0.490 e. The molecule has 0 saturated heterocycles. The number of allylic oxidation sites excluding steroid dienone is 2. The summed E-state index contributed by atoms with van der Waals surface area (Å²) in [5.41, 5.74) is 6.43. The fourth-order valence-electron chi connectivity index (χ4n) is 4.73. The third-order valence-corrected chi connectivity index (χ3v) is 6.92. The Kier molecular flexibility index (Phi) is 11.3. The summed E-state index contributed by atoms with van der Waals surface area (Å²) in [6, 6.07) is 15.1. The molecule has 1 aliphatic rings. The average Bonchev–Trinajstić information content (AvgIpc) is 2.90. The summed E-state index contributed by atoms with van der Waals surface area (Å²) < 4.78 is 11.1. The van der Waals surface area contributed by atoms with Crippen LogP contribution in [-0.4, -0.2) is 30.9 Å². The number of aryl methyl sites for hydroxylation is 1. The van der Waals surface area contributed by atoms with Crippen molar-refractivity contribution >= 4 is 11.5 Å². The van der Waals surface area contributed by atoms with Crippen molar-refractivity contribution in [2.24, 2.45) is 5.92 Å². The number of benzene rings is 2. The van der Waals surface area contributed by atoms with Crippen molar-refractivity contribution in [2.45, 2.75) is 71.6 Å². The van der Waals surface area contributed by atoms with Crippen molar-refractivity contribution in [3.8, 4) is 16.9 Å². The molecule has 0 heterocycles. The molecule has 36 heavy (non-hydrogen) atoms. The molecule has 0 aromatic heterocycles. The smallest absolute Gasteiger partial charge is 0.333 e. The monoisotopic (exact) mass is 490 g/mol.